The molecule has 0 unspecified atom stereocenters. The lowest BCUT2D eigenvalue weighted by Gasteiger charge is -2.26. The van der Waals surface area contributed by atoms with Gasteiger partial charge < -0.3 is 0 Å². The smallest absolute Gasteiger partial charge is 0.282 e. The van der Waals surface area contributed by atoms with Crippen LogP contribution in [-0.4, -0.2) is 19.1 Å². The first-order chi connectivity index (χ1) is 8.38. The van der Waals surface area contributed by atoms with Crippen molar-refractivity contribution in [3.8, 4) is 0 Å². The molecule has 1 fully saturated rings. The van der Waals surface area contributed by atoms with Gasteiger partial charge in [-0.2, -0.15) is 8.42 Å². The summed E-state index contributed by atoms with van der Waals surface area (Å²) >= 11 is 0. The van der Waals surface area contributed by atoms with E-state index in [4.69, 9.17) is 0 Å². The Morgan fingerprint density at radius 1 is 1.22 bits per heavy atom. The fourth-order valence-electron chi connectivity index (χ4n) is 2.59. The van der Waals surface area contributed by atoms with E-state index >= 15 is 0 Å². The molecule has 1 aromatic carbocycles. The zero-order chi connectivity index (χ0) is 13.3. The van der Waals surface area contributed by atoms with Crippen molar-refractivity contribution in [3.05, 3.63) is 29.3 Å². The predicted molar refractivity (Wildman–Crippen MR) is 67.1 cm³/mol. The Bertz CT molecular complexity index is 531. The number of aryl methyl sites for hydroxylation is 1. The highest BCUT2D eigenvalue weighted by Gasteiger charge is 2.26. The summed E-state index contributed by atoms with van der Waals surface area (Å²) in [6.07, 6.45) is 1.41. The molecule has 0 amide bonds. The third kappa shape index (κ3) is 2.90. The molecule has 0 heterocycles. The molecule has 1 aromatic rings. The maximum Gasteiger partial charge on any atom is 0.294 e. The van der Waals surface area contributed by atoms with Crippen molar-refractivity contribution in [2.24, 2.45) is 0 Å². The minimum Gasteiger partial charge on any atom is -0.282 e. The van der Waals surface area contributed by atoms with Gasteiger partial charge in [0.1, 0.15) is 6.17 Å². The van der Waals surface area contributed by atoms with Crippen LogP contribution < -0.4 is 0 Å². The van der Waals surface area contributed by atoms with E-state index in [0.29, 0.717) is 31.2 Å². The van der Waals surface area contributed by atoms with Gasteiger partial charge >= 0.3 is 0 Å². The lowest BCUT2D eigenvalue weighted by Crippen LogP contribution is -2.16. The van der Waals surface area contributed by atoms with Gasteiger partial charge in [0.25, 0.3) is 10.1 Å². The van der Waals surface area contributed by atoms with Crippen LogP contribution >= 0.6 is 0 Å². The van der Waals surface area contributed by atoms with Gasteiger partial charge in [0, 0.05) is 0 Å². The Morgan fingerprint density at radius 3 is 2.39 bits per heavy atom. The van der Waals surface area contributed by atoms with E-state index in [-0.39, 0.29) is 10.8 Å². The number of benzene rings is 1. The number of hydrogen-bond donors (Lipinski definition) is 1. The van der Waals surface area contributed by atoms with Crippen LogP contribution in [0.5, 0.6) is 0 Å². The summed E-state index contributed by atoms with van der Waals surface area (Å²) in [5.74, 6) is 0.0221. The van der Waals surface area contributed by atoms with E-state index in [0.717, 1.165) is 5.56 Å². The molecule has 1 N–H and O–H groups in total. The molecule has 0 aliphatic heterocycles. The molecule has 2 rings (SSSR count). The van der Waals surface area contributed by atoms with Gasteiger partial charge in [-0.25, -0.2) is 4.39 Å². The molecule has 0 saturated heterocycles. The molecule has 5 heteroatoms. The van der Waals surface area contributed by atoms with Crippen LogP contribution in [0.15, 0.2) is 23.1 Å². The van der Waals surface area contributed by atoms with Gasteiger partial charge in [0.15, 0.2) is 0 Å². The third-order valence-corrected chi connectivity index (χ3v) is 4.47. The maximum atomic E-state index is 13.1. The predicted octanol–water partition coefficient (Wildman–Crippen LogP) is 3.24. The highest BCUT2D eigenvalue weighted by atomic mass is 32.2. The lowest BCUT2D eigenvalue weighted by molar-refractivity contribution is 0.234. The van der Waals surface area contributed by atoms with Crippen LogP contribution in [0.4, 0.5) is 4.39 Å². The minimum atomic E-state index is -4.21. The first kappa shape index (κ1) is 13.5. The van der Waals surface area contributed by atoms with Crippen molar-refractivity contribution >= 4 is 10.1 Å². The average molecular weight is 272 g/mol. The molecular weight excluding hydrogens is 255 g/mol. The Kier molecular flexibility index (Phi) is 3.73. The SMILES string of the molecule is Cc1ccc(S(=O)(=O)O)c(C2CCC(F)CC2)c1. The Hall–Kier alpha value is -0.940. The Morgan fingerprint density at radius 2 is 1.83 bits per heavy atom. The number of halogens is 1. The monoisotopic (exact) mass is 272 g/mol. The van der Waals surface area contributed by atoms with Crippen LogP contribution in [0.1, 0.15) is 42.7 Å². The average Bonchev–Trinajstić information content (AvgIpc) is 2.28. The van der Waals surface area contributed by atoms with E-state index in [2.05, 4.69) is 0 Å². The molecule has 3 nitrogen and oxygen atoms in total. The number of hydrogen-bond acceptors (Lipinski definition) is 2. The summed E-state index contributed by atoms with van der Waals surface area (Å²) in [6, 6.07) is 4.88. The number of rotatable bonds is 2. The molecule has 1 saturated carbocycles. The topological polar surface area (TPSA) is 54.4 Å². The van der Waals surface area contributed by atoms with E-state index in [1.807, 2.05) is 6.92 Å². The first-order valence-electron chi connectivity index (χ1n) is 6.10. The highest BCUT2D eigenvalue weighted by molar-refractivity contribution is 7.85. The maximum absolute atomic E-state index is 13.1. The molecule has 0 aromatic heterocycles. The minimum absolute atomic E-state index is 0.0221. The molecular formula is C13H17FO3S. The quantitative estimate of drug-likeness (QED) is 0.841. The fraction of sp³-hybridized carbons (Fsp3) is 0.538. The van der Waals surface area contributed by atoms with Crippen molar-refractivity contribution < 1.29 is 17.4 Å². The molecule has 0 bridgehead atoms. The summed E-state index contributed by atoms with van der Waals surface area (Å²) in [7, 11) is -4.21. The van der Waals surface area contributed by atoms with Crippen molar-refractivity contribution in [2.75, 3.05) is 0 Å². The van der Waals surface area contributed by atoms with E-state index in [1.165, 1.54) is 6.07 Å². The first-order valence-corrected chi connectivity index (χ1v) is 7.54. The van der Waals surface area contributed by atoms with E-state index in [1.54, 1.807) is 12.1 Å². The second-order valence-electron chi connectivity index (χ2n) is 4.97. The van der Waals surface area contributed by atoms with Crippen molar-refractivity contribution in [2.45, 2.75) is 49.6 Å². The third-order valence-electron chi connectivity index (χ3n) is 3.54. The van der Waals surface area contributed by atoms with Crippen LogP contribution in [-0.2, 0) is 10.1 Å². The zero-order valence-electron chi connectivity index (χ0n) is 10.3. The highest BCUT2D eigenvalue weighted by Crippen LogP contribution is 2.37. The standard InChI is InChI=1S/C13H17FO3S/c1-9-2-7-13(18(15,16)17)12(8-9)10-3-5-11(14)6-4-10/h2,7-8,10-11H,3-6H2,1H3,(H,15,16,17). The lowest BCUT2D eigenvalue weighted by atomic mass is 9.83. The van der Waals surface area contributed by atoms with Crippen LogP contribution in [0.25, 0.3) is 0 Å². The summed E-state index contributed by atoms with van der Waals surface area (Å²) in [5, 5.41) is 0. The van der Waals surface area contributed by atoms with Crippen molar-refractivity contribution in [1.29, 1.82) is 0 Å². The van der Waals surface area contributed by atoms with Gasteiger partial charge in [-0.15, -0.1) is 0 Å². The Labute approximate surface area is 107 Å². The van der Waals surface area contributed by atoms with Gasteiger partial charge in [0.2, 0.25) is 0 Å². The van der Waals surface area contributed by atoms with Crippen LogP contribution in [0.2, 0.25) is 0 Å². The molecule has 0 atom stereocenters. The van der Waals surface area contributed by atoms with Gasteiger partial charge in [-0.05, 0) is 50.2 Å². The van der Waals surface area contributed by atoms with Crippen molar-refractivity contribution in [3.63, 3.8) is 0 Å². The molecule has 1 aliphatic carbocycles. The summed E-state index contributed by atoms with van der Waals surface area (Å²) in [5.41, 5.74) is 1.57. The van der Waals surface area contributed by atoms with Gasteiger partial charge in [-0.1, -0.05) is 17.7 Å². The van der Waals surface area contributed by atoms with E-state index in [9.17, 15) is 17.4 Å². The number of alkyl halides is 1. The normalized spacial score (nSPS) is 25.1. The molecule has 0 spiro atoms. The van der Waals surface area contributed by atoms with Crippen LogP contribution in [0.3, 0.4) is 0 Å². The summed E-state index contributed by atoms with van der Waals surface area (Å²) in [6.45, 7) is 1.87. The van der Waals surface area contributed by atoms with Crippen molar-refractivity contribution in [1.82, 2.24) is 0 Å². The molecule has 0 radical (unpaired) electrons. The second-order valence-corrected chi connectivity index (χ2v) is 6.36. The van der Waals surface area contributed by atoms with Crippen LogP contribution in [0, 0.1) is 6.92 Å². The summed E-state index contributed by atoms with van der Waals surface area (Å²) < 4.78 is 45.1. The zero-order valence-corrected chi connectivity index (χ0v) is 11.1. The fourth-order valence-corrected chi connectivity index (χ4v) is 3.35. The van der Waals surface area contributed by atoms with Gasteiger partial charge in [-0.3, -0.25) is 4.55 Å². The molecule has 100 valence electrons. The largest absolute Gasteiger partial charge is 0.294 e. The Balaban J connectivity index is 2.40. The second kappa shape index (κ2) is 4.97. The molecule has 18 heavy (non-hydrogen) atoms. The van der Waals surface area contributed by atoms with Gasteiger partial charge in [0.05, 0.1) is 4.90 Å². The summed E-state index contributed by atoms with van der Waals surface area (Å²) in [4.78, 5) is -0.0320. The van der Waals surface area contributed by atoms with E-state index < -0.39 is 16.3 Å². The molecule has 1 aliphatic rings.